The van der Waals surface area contributed by atoms with Crippen molar-refractivity contribution in [2.75, 3.05) is 7.11 Å². The van der Waals surface area contributed by atoms with Crippen molar-refractivity contribution in [2.45, 2.75) is 0 Å². The molecule has 12 heavy (non-hydrogen) atoms. The third-order valence-corrected chi connectivity index (χ3v) is 1.07. The Morgan fingerprint density at radius 3 is 2.50 bits per heavy atom. The molecule has 0 aliphatic carbocycles. The van der Waals surface area contributed by atoms with Crippen LogP contribution in [-0.2, 0) is 4.74 Å². The molecule has 5 nitrogen and oxygen atoms in total. The summed E-state index contributed by atoms with van der Waals surface area (Å²) in [5.74, 6) is -0.447. The smallest absolute Gasteiger partial charge is 0.266 e. The number of aliphatic hydroxyl groups excluding tert-OH is 1. The Bertz CT molecular complexity index is 254. The van der Waals surface area contributed by atoms with E-state index in [-0.39, 0.29) is 5.76 Å². The summed E-state index contributed by atoms with van der Waals surface area (Å²) in [5.41, 5.74) is -0.425. The van der Waals surface area contributed by atoms with Crippen molar-refractivity contribution in [2.24, 2.45) is 0 Å². The first kappa shape index (κ1) is 10.2. The minimum atomic E-state index is -0.723. The van der Waals surface area contributed by atoms with E-state index in [0.29, 0.717) is 0 Å². The molecule has 0 radical (unpaired) electrons. The van der Waals surface area contributed by atoms with Gasteiger partial charge in [-0.15, -0.1) is 0 Å². The van der Waals surface area contributed by atoms with E-state index in [9.17, 15) is 10.1 Å². The summed E-state index contributed by atoms with van der Waals surface area (Å²) in [6.07, 6.45) is 0.867. The van der Waals surface area contributed by atoms with Gasteiger partial charge in [0.25, 0.3) is 5.70 Å². The number of ether oxygens (including phenoxy) is 1. The molecule has 0 saturated heterocycles. The summed E-state index contributed by atoms with van der Waals surface area (Å²) >= 11 is 0. The molecule has 0 aromatic carbocycles. The number of rotatable bonds is 4. The van der Waals surface area contributed by atoms with Gasteiger partial charge in [0.05, 0.1) is 18.1 Å². The highest BCUT2D eigenvalue weighted by molar-refractivity contribution is 5.22. The van der Waals surface area contributed by atoms with E-state index in [1.807, 2.05) is 0 Å². The molecule has 0 saturated carbocycles. The number of nitrogens with zero attached hydrogens (tertiary/aromatic N) is 1. The first-order chi connectivity index (χ1) is 5.49. The number of hydrogen-bond donors (Lipinski definition) is 1. The number of methoxy groups -OCH3 is 1. The molecular weight excluding hydrogens is 162 g/mol. The summed E-state index contributed by atoms with van der Waals surface area (Å²) in [4.78, 5) is 9.30. The molecule has 0 aromatic rings. The zero-order valence-electron chi connectivity index (χ0n) is 6.61. The highest BCUT2D eigenvalue weighted by Crippen LogP contribution is 2.07. The molecule has 0 spiro atoms. The number of hydrogen-bond acceptors (Lipinski definition) is 4. The molecule has 0 fully saturated rings. The average Bonchev–Trinajstić information content (AvgIpc) is 2.02. The summed E-state index contributed by atoms with van der Waals surface area (Å²) in [7, 11) is 1.29. The summed E-state index contributed by atoms with van der Waals surface area (Å²) < 4.78 is 4.52. The van der Waals surface area contributed by atoms with Gasteiger partial charge in [0.15, 0.2) is 11.5 Å². The molecule has 0 aliphatic heterocycles. The largest absolute Gasteiger partial charge is 0.504 e. The molecule has 0 aromatic heterocycles. The van der Waals surface area contributed by atoms with Crippen molar-refractivity contribution in [1.29, 1.82) is 0 Å². The molecule has 0 rings (SSSR count). The minimum Gasteiger partial charge on any atom is -0.504 e. The lowest BCUT2D eigenvalue weighted by Crippen LogP contribution is -1.96. The Balaban J connectivity index is 4.46. The van der Waals surface area contributed by atoms with E-state index in [0.717, 1.165) is 6.08 Å². The zero-order chi connectivity index (χ0) is 9.72. The third-order valence-electron chi connectivity index (χ3n) is 1.07. The average molecular weight is 171 g/mol. The molecule has 0 unspecified atom stereocenters. The van der Waals surface area contributed by atoms with Gasteiger partial charge in [-0.05, 0) is 6.58 Å². The highest BCUT2D eigenvalue weighted by Gasteiger charge is 2.06. The minimum absolute atomic E-state index is 0.0435. The van der Waals surface area contributed by atoms with Gasteiger partial charge >= 0.3 is 0 Å². The molecule has 0 amide bonds. The van der Waals surface area contributed by atoms with Gasteiger partial charge in [-0.3, -0.25) is 10.1 Å². The monoisotopic (exact) mass is 171 g/mol. The lowest BCUT2D eigenvalue weighted by Gasteiger charge is -2.00. The van der Waals surface area contributed by atoms with Crippen LogP contribution >= 0.6 is 0 Å². The van der Waals surface area contributed by atoms with Gasteiger partial charge < -0.3 is 9.84 Å². The van der Waals surface area contributed by atoms with Crippen LogP contribution in [0.1, 0.15) is 0 Å². The van der Waals surface area contributed by atoms with Crippen LogP contribution in [0.25, 0.3) is 0 Å². The Morgan fingerprint density at radius 1 is 1.67 bits per heavy atom. The van der Waals surface area contributed by atoms with Crippen LogP contribution < -0.4 is 0 Å². The van der Waals surface area contributed by atoms with Crippen LogP contribution in [0.15, 0.2) is 36.4 Å². The quantitative estimate of drug-likeness (QED) is 0.300. The van der Waals surface area contributed by atoms with Crippen LogP contribution in [0.2, 0.25) is 0 Å². The van der Waals surface area contributed by atoms with E-state index in [2.05, 4.69) is 17.9 Å². The first-order valence-electron chi connectivity index (χ1n) is 2.96. The Labute approximate surface area is 69.4 Å². The molecule has 0 aliphatic rings. The van der Waals surface area contributed by atoms with Gasteiger partial charge in [0.2, 0.25) is 0 Å². The second-order valence-electron chi connectivity index (χ2n) is 1.91. The summed E-state index contributed by atoms with van der Waals surface area (Å²) in [5, 5.41) is 19.0. The SMILES string of the molecule is C=C(OC)/C(O)=C\C(=C)[N+](=O)[O-]. The second-order valence-corrected chi connectivity index (χ2v) is 1.91. The number of allylic oxidation sites excluding steroid dienone is 1. The zero-order valence-corrected chi connectivity index (χ0v) is 6.61. The van der Waals surface area contributed by atoms with Gasteiger partial charge in [-0.2, -0.15) is 0 Å². The Kier molecular flexibility index (Phi) is 3.55. The second kappa shape index (κ2) is 4.17. The van der Waals surface area contributed by atoms with E-state index in [1.54, 1.807) is 0 Å². The van der Waals surface area contributed by atoms with Crippen molar-refractivity contribution in [3.8, 4) is 0 Å². The predicted octanol–water partition coefficient (Wildman–Crippen LogP) is 1.38. The lowest BCUT2D eigenvalue weighted by atomic mass is 10.3. The Morgan fingerprint density at radius 2 is 2.17 bits per heavy atom. The number of nitro groups is 1. The summed E-state index contributed by atoms with van der Waals surface area (Å²) in [6, 6.07) is 0. The fourth-order valence-electron chi connectivity index (χ4n) is 0.396. The summed E-state index contributed by atoms with van der Waals surface area (Å²) in [6.45, 7) is 6.36. The van der Waals surface area contributed by atoms with E-state index in [4.69, 9.17) is 5.11 Å². The molecule has 0 atom stereocenters. The Hall–Kier alpha value is -1.78. The van der Waals surface area contributed by atoms with Crippen molar-refractivity contribution in [3.05, 3.63) is 46.6 Å². The van der Waals surface area contributed by atoms with Gasteiger partial charge in [0.1, 0.15) is 0 Å². The van der Waals surface area contributed by atoms with Crippen molar-refractivity contribution >= 4 is 0 Å². The third kappa shape index (κ3) is 2.87. The molecule has 1 N–H and O–H groups in total. The van der Waals surface area contributed by atoms with Gasteiger partial charge in [-0.1, -0.05) is 6.58 Å². The number of aliphatic hydroxyl groups is 1. The van der Waals surface area contributed by atoms with Crippen molar-refractivity contribution < 1.29 is 14.8 Å². The predicted molar refractivity (Wildman–Crippen MR) is 43.0 cm³/mol. The molecule has 66 valence electrons. The normalized spacial score (nSPS) is 10.6. The van der Waals surface area contributed by atoms with Crippen LogP contribution in [-0.4, -0.2) is 17.1 Å². The lowest BCUT2D eigenvalue weighted by molar-refractivity contribution is -0.418. The first-order valence-corrected chi connectivity index (χ1v) is 2.96. The molecule has 0 heterocycles. The maximum Gasteiger partial charge on any atom is 0.266 e. The van der Waals surface area contributed by atoms with E-state index >= 15 is 0 Å². The fourth-order valence-corrected chi connectivity index (χ4v) is 0.396. The molecule has 5 heteroatoms. The maximum absolute atomic E-state index is 10.0. The van der Waals surface area contributed by atoms with E-state index in [1.165, 1.54) is 7.11 Å². The van der Waals surface area contributed by atoms with Crippen molar-refractivity contribution in [3.63, 3.8) is 0 Å². The molecule has 0 bridgehead atoms. The molecular formula is C7H9NO4. The maximum atomic E-state index is 10.0. The topological polar surface area (TPSA) is 72.6 Å². The van der Waals surface area contributed by atoms with Crippen LogP contribution in [0.4, 0.5) is 0 Å². The van der Waals surface area contributed by atoms with Crippen molar-refractivity contribution in [1.82, 2.24) is 0 Å². The van der Waals surface area contributed by atoms with Crippen LogP contribution in [0, 0.1) is 10.1 Å². The van der Waals surface area contributed by atoms with E-state index < -0.39 is 16.4 Å². The van der Waals surface area contributed by atoms with Crippen LogP contribution in [0.3, 0.4) is 0 Å². The fraction of sp³-hybridized carbons (Fsp3) is 0.143. The van der Waals surface area contributed by atoms with Gasteiger partial charge in [0, 0.05) is 0 Å². The highest BCUT2D eigenvalue weighted by atomic mass is 16.6. The van der Waals surface area contributed by atoms with Gasteiger partial charge in [-0.25, -0.2) is 0 Å². The standard InChI is InChI=1S/C7H9NO4/c1-5(8(10)11)4-7(9)6(2)12-3/h4,9H,1-2H2,3H3/b7-4+. The van der Waals surface area contributed by atoms with Crippen LogP contribution in [0.5, 0.6) is 0 Å².